The molecule has 0 aromatic carbocycles. The molecule has 0 bridgehead atoms. The van der Waals surface area contributed by atoms with Crippen LogP contribution in [0.25, 0.3) is 0 Å². The molecule has 25 heavy (non-hydrogen) atoms. The van der Waals surface area contributed by atoms with Gasteiger partial charge in [0, 0.05) is 20.2 Å². The van der Waals surface area contributed by atoms with Gasteiger partial charge in [-0.1, -0.05) is 41.5 Å². The minimum absolute atomic E-state index is 0.0674. The zero-order valence-electron chi connectivity index (χ0n) is 16.9. The van der Waals surface area contributed by atoms with E-state index in [1.54, 1.807) is 12.0 Å². The lowest BCUT2D eigenvalue weighted by molar-refractivity contribution is -0.165. The van der Waals surface area contributed by atoms with E-state index in [2.05, 4.69) is 0 Å². The van der Waals surface area contributed by atoms with Gasteiger partial charge in [-0.25, -0.2) is 4.79 Å². The number of rotatable bonds is 5. The quantitative estimate of drug-likeness (QED) is 0.705. The fourth-order valence-corrected chi connectivity index (χ4v) is 2.61. The second kappa shape index (κ2) is 8.39. The summed E-state index contributed by atoms with van der Waals surface area (Å²) in [6, 6.07) is 0. The molecule has 146 valence electrons. The van der Waals surface area contributed by atoms with Gasteiger partial charge in [0.15, 0.2) is 0 Å². The topological polar surface area (TPSA) is 65.1 Å². The lowest BCUT2D eigenvalue weighted by atomic mass is 9.79. The number of hydrogen-bond donors (Lipinski definition) is 0. The maximum atomic E-state index is 12.7. The number of methoxy groups -OCH3 is 1. The highest BCUT2D eigenvalue weighted by molar-refractivity contribution is 5.78. The molecule has 0 spiro atoms. The van der Waals surface area contributed by atoms with Crippen molar-refractivity contribution >= 4 is 12.1 Å². The first-order valence-corrected chi connectivity index (χ1v) is 8.96. The van der Waals surface area contributed by atoms with E-state index >= 15 is 0 Å². The Balaban J connectivity index is 2.63. The second-order valence-electron chi connectivity index (χ2n) is 9.45. The highest BCUT2D eigenvalue weighted by Gasteiger charge is 2.44. The molecule has 0 atom stereocenters. The predicted molar refractivity (Wildman–Crippen MR) is 96.3 cm³/mol. The normalized spacial score (nSPS) is 18.0. The average Bonchev–Trinajstić information content (AvgIpc) is 2.49. The lowest BCUT2D eigenvalue weighted by Crippen LogP contribution is -2.50. The van der Waals surface area contributed by atoms with Crippen molar-refractivity contribution in [3.05, 3.63) is 0 Å². The van der Waals surface area contributed by atoms with E-state index in [0.29, 0.717) is 45.8 Å². The molecule has 1 amide bonds. The Morgan fingerprint density at radius 2 is 1.40 bits per heavy atom. The minimum Gasteiger partial charge on any atom is -0.465 e. The molecule has 0 unspecified atom stereocenters. The number of piperidine rings is 1. The van der Waals surface area contributed by atoms with Crippen molar-refractivity contribution in [1.29, 1.82) is 0 Å². The zero-order chi connectivity index (χ0) is 19.3. The van der Waals surface area contributed by atoms with Gasteiger partial charge >= 0.3 is 12.1 Å². The third kappa shape index (κ3) is 7.22. The van der Waals surface area contributed by atoms with E-state index in [0.717, 1.165) is 0 Å². The Morgan fingerprint density at radius 3 is 1.84 bits per heavy atom. The van der Waals surface area contributed by atoms with Gasteiger partial charge in [-0.2, -0.15) is 0 Å². The van der Waals surface area contributed by atoms with Crippen LogP contribution in [-0.4, -0.2) is 57.0 Å². The van der Waals surface area contributed by atoms with E-state index in [1.807, 2.05) is 41.5 Å². The Kier molecular flexibility index (Phi) is 7.29. The molecule has 0 aromatic rings. The molecule has 0 N–H and O–H groups in total. The fraction of sp³-hybridized carbons (Fsp3) is 0.895. The molecular weight excluding hydrogens is 322 g/mol. The zero-order valence-corrected chi connectivity index (χ0v) is 16.9. The number of carbonyl (C=O) groups excluding carboxylic acids is 2. The first-order valence-electron chi connectivity index (χ1n) is 8.96. The van der Waals surface area contributed by atoms with E-state index in [1.165, 1.54) is 0 Å². The van der Waals surface area contributed by atoms with Crippen LogP contribution in [0.4, 0.5) is 4.79 Å². The van der Waals surface area contributed by atoms with Gasteiger partial charge < -0.3 is 19.1 Å². The number of nitrogens with zero attached hydrogens (tertiary/aromatic N) is 1. The molecule has 1 fully saturated rings. The van der Waals surface area contributed by atoms with Gasteiger partial charge in [0.2, 0.25) is 0 Å². The molecule has 1 aliphatic rings. The van der Waals surface area contributed by atoms with Crippen LogP contribution in [-0.2, 0) is 19.0 Å². The first kappa shape index (κ1) is 21.7. The van der Waals surface area contributed by atoms with E-state index < -0.39 is 5.41 Å². The standard InChI is InChI=1S/C19H35NO5/c1-17(2,3)12-24-15(21)19(14-23-7)8-10-20(11-9-19)16(22)25-13-18(4,5)6/h8-14H2,1-7H3. The number of hydrogen-bond acceptors (Lipinski definition) is 5. The first-order chi connectivity index (χ1) is 11.4. The van der Waals surface area contributed by atoms with Crippen molar-refractivity contribution < 1.29 is 23.8 Å². The van der Waals surface area contributed by atoms with E-state index in [-0.39, 0.29) is 22.9 Å². The fourth-order valence-electron chi connectivity index (χ4n) is 2.61. The molecule has 0 saturated carbocycles. The average molecular weight is 357 g/mol. The monoisotopic (exact) mass is 357 g/mol. The lowest BCUT2D eigenvalue weighted by Gasteiger charge is -2.39. The van der Waals surface area contributed by atoms with Crippen LogP contribution in [0.3, 0.4) is 0 Å². The number of amides is 1. The van der Waals surface area contributed by atoms with Crippen LogP contribution >= 0.6 is 0 Å². The van der Waals surface area contributed by atoms with Crippen LogP contribution in [0.5, 0.6) is 0 Å². The predicted octanol–water partition coefficient (Wildman–Crippen LogP) is 3.49. The largest absolute Gasteiger partial charge is 0.465 e. The summed E-state index contributed by atoms with van der Waals surface area (Å²) in [5, 5.41) is 0. The summed E-state index contributed by atoms with van der Waals surface area (Å²) in [4.78, 5) is 26.5. The summed E-state index contributed by atoms with van der Waals surface area (Å²) < 4.78 is 16.2. The van der Waals surface area contributed by atoms with E-state index in [9.17, 15) is 9.59 Å². The van der Waals surface area contributed by atoms with Crippen LogP contribution in [0.2, 0.25) is 0 Å². The summed E-state index contributed by atoms with van der Waals surface area (Å²) in [6.45, 7) is 14.1. The van der Waals surface area contributed by atoms with Gasteiger partial charge in [0.05, 0.1) is 25.2 Å². The highest BCUT2D eigenvalue weighted by atomic mass is 16.6. The molecular formula is C19H35NO5. The van der Waals surface area contributed by atoms with Gasteiger partial charge in [0.1, 0.15) is 0 Å². The molecule has 6 nitrogen and oxygen atoms in total. The van der Waals surface area contributed by atoms with Crippen molar-refractivity contribution in [2.75, 3.05) is 40.0 Å². The van der Waals surface area contributed by atoms with Gasteiger partial charge in [-0.3, -0.25) is 4.79 Å². The van der Waals surface area contributed by atoms with Crippen LogP contribution in [0, 0.1) is 16.2 Å². The third-order valence-corrected chi connectivity index (χ3v) is 4.10. The summed E-state index contributed by atoms with van der Waals surface area (Å²) in [5.74, 6) is -0.230. The van der Waals surface area contributed by atoms with Crippen molar-refractivity contribution in [3.63, 3.8) is 0 Å². The van der Waals surface area contributed by atoms with Crippen molar-refractivity contribution in [1.82, 2.24) is 4.90 Å². The van der Waals surface area contributed by atoms with Crippen LogP contribution < -0.4 is 0 Å². The molecule has 0 aliphatic carbocycles. The SMILES string of the molecule is COCC1(C(=O)OCC(C)(C)C)CCN(C(=O)OCC(C)(C)C)CC1. The molecule has 1 aliphatic heterocycles. The summed E-state index contributed by atoms with van der Waals surface area (Å²) in [5.41, 5.74) is -0.829. The Morgan fingerprint density at radius 1 is 0.920 bits per heavy atom. The van der Waals surface area contributed by atoms with E-state index in [4.69, 9.17) is 14.2 Å². The summed E-state index contributed by atoms with van der Waals surface area (Å²) >= 11 is 0. The second-order valence-corrected chi connectivity index (χ2v) is 9.45. The minimum atomic E-state index is -0.680. The molecule has 6 heteroatoms. The number of likely N-dealkylation sites (tertiary alicyclic amines) is 1. The summed E-state index contributed by atoms with van der Waals surface area (Å²) in [6.07, 6.45) is 0.729. The van der Waals surface area contributed by atoms with Crippen LogP contribution in [0.15, 0.2) is 0 Å². The van der Waals surface area contributed by atoms with Crippen LogP contribution in [0.1, 0.15) is 54.4 Å². The van der Waals surface area contributed by atoms with Crippen molar-refractivity contribution in [2.24, 2.45) is 16.2 Å². The van der Waals surface area contributed by atoms with Crippen molar-refractivity contribution in [2.45, 2.75) is 54.4 Å². The molecule has 1 saturated heterocycles. The van der Waals surface area contributed by atoms with Gasteiger partial charge in [-0.15, -0.1) is 0 Å². The van der Waals surface area contributed by atoms with Crippen molar-refractivity contribution in [3.8, 4) is 0 Å². The maximum Gasteiger partial charge on any atom is 0.409 e. The smallest absolute Gasteiger partial charge is 0.409 e. The molecule has 1 rings (SSSR count). The molecule has 1 heterocycles. The Hall–Kier alpha value is -1.30. The number of ether oxygens (including phenoxy) is 3. The molecule has 0 aromatic heterocycles. The van der Waals surface area contributed by atoms with Gasteiger partial charge in [-0.05, 0) is 23.7 Å². The number of esters is 1. The number of carbonyl (C=O) groups is 2. The Labute approximate surface area is 152 Å². The maximum absolute atomic E-state index is 12.7. The third-order valence-electron chi connectivity index (χ3n) is 4.10. The van der Waals surface area contributed by atoms with Gasteiger partial charge in [0.25, 0.3) is 0 Å². The summed E-state index contributed by atoms with van der Waals surface area (Å²) in [7, 11) is 1.59. The Bertz CT molecular complexity index is 453. The molecule has 0 radical (unpaired) electrons. The highest BCUT2D eigenvalue weighted by Crippen LogP contribution is 2.34.